The normalized spacial score (nSPS) is 12.8. The molecule has 0 radical (unpaired) electrons. The average Bonchev–Trinajstić information content (AvgIpc) is 2.87. The fraction of sp³-hybridized carbons (Fsp3) is 0.750. The number of nitrogens with two attached hydrogens (primary N) is 1. The molecule has 1 rings (SSSR count). The van der Waals surface area contributed by atoms with Crippen LogP contribution in [0.2, 0.25) is 0 Å². The Morgan fingerprint density at radius 3 is 2.47 bits per heavy atom. The molecule has 110 valence electrons. The van der Waals surface area contributed by atoms with Crippen LogP contribution in [0.4, 0.5) is 0 Å². The molecule has 1 unspecified atom stereocenters. The van der Waals surface area contributed by atoms with Crippen molar-refractivity contribution in [3.63, 3.8) is 0 Å². The van der Waals surface area contributed by atoms with Crippen LogP contribution in [0.5, 0.6) is 0 Å². The summed E-state index contributed by atoms with van der Waals surface area (Å²) in [6.07, 6.45) is 10.2. The van der Waals surface area contributed by atoms with Gasteiger partial charge in [0.25, 0.3) is 0 Å². The first-order chi connectivity index (χ1) is 9.27. The van der Waals surface area contributed by atoms with Gasteiger partial charge in [0.2, 0.25) is 0 Å². The Morgan fingerprint density at radius 1 is 1.11 bits per heavy atom. The topological polar surface area (TPSA) is 48.4 Å². The third kappa shape index (κ3) is 6.79. The zero-order valence-corrected chi connectivity index (χ0v) is 12.5. The van der Waals surface area contributed by atoms with Gasteiger partial charge in [0, 0.05) is 7.11 Å². The highest BCUT2D eigenvalue weighted by molar-refractivity contribution is 5.09. The van der Waals surface area contributed by atoms with Gasteiger partial charge in [0.15, 0.2) is 0 Å². The van der Waals surface area contributed by atoms with E-state index in [0.717, 1.165) is 17.9 Å². The second kappa shape index (κ2) is 10.0. The van der Waals surface area contributed by atoms with Crippen LogP contribution in [0.1, 0.15) is 75.9 Å². The maximum absolute atomic E-state index is 6.13. The summed E-state index contributed by atoms with van der Waals surface area (Å²) in [5, 5.41) is 0. The molecule has 1 atom stereocenters. The first-order valence-corrected chi connectivity index (χ1v) is 7.61. The van der Waals surface area contributed by atoms with E-state index in [0.29, 0.717) is 6.61 Å². The number of rotatable bonds is 11. The summed E-state index contributed by atoms with van der Waals surface area (Å²) in [6.45, 7) is 2.77. The number of hydrogen-bond acceptors (Lipinski definition) is 3. The lowest BCUT2D eigenvalue weighted by Gasteiger charge is -2.08. The van der Waals surface area contributed by atoms with Crippen molar-refractivity contribution >= 4 is 0 Å². The number of hydrogen-bond donors (Lipinski definition) is 1. The van der Waals surface area contributed by atoms with Gasteiger partial charge in [-0.15, -0.1) is 0 Å². The molecule has 0 fully saturated rings. The van der Waals surface area contributed by atoms with Gasteiger partial charge in [-0.2, -0.15) is 0 Å². The number of ether oxygens (including phenoxy) is 1. The summed E-state index contributed by atoms with van der Waals surface area (Å²) in [4.78, 5) is 0. The summed E-state index contributed by atoms with van der Waals surface area (Å²) in [5.41, 5.74) is 6.13. The minimum absolute atomic E-state index is 0.0289. The van der Waals surface area contributed by atoms with Crippen LogP contribution < -0.4 is 5.73 Å². The van der Waals surface area contributed by atoms with Crippen LogP contribution in [0.3, 0.4) is 0 Å². The van der Waals surface area contributed by atoms with E-state index in [1.54, 1.807) is 7.11 Å². The molecule has 0 aliphatic heterocycles. The van der Waals surface area contributed by atoms with Crippen LogP contribution >= 0.6 is 0 Å². The van der Waals surface area contributed by atoms with Gasteiger partial charge in [-0.25, -0.2) is 0 Å². The SMILES string of the molecule is CCCCCCCCCC(N)c1ccc(COC)o1. The molecule has 0 bridgehead atoms. The van der Waals surface area contributed by atoms with Crippen molar-refractivity contribution in [2.45, 2.75) is 70.9 Å². The first kappa shape index (κ1) is 16.3. The molecule has 3 nitrogen and oxygen atoms in total. The molecule has 0 aromatic carbocycles. The first-order valence-electron chi connectivity index (χ1n) is 7.61. The van der Waals surface area contributed by atoms with E-state index < -0.39 is 0 Å². The van der Waals surface area contributed by atoms with Crippen molar-refractivity contribution in [2.24, 2.45) is 5.73 Å². The molecule has 0 spiro atoms. The van der Waals surface area contributed by atoms with E-state index >= 15 is 0 Å². The van der Waals surface area contributed by atoms with Crippen molar-refractivity contribution < 1.29 is 9.15 Å². The zero-order valence-electron chi connectivity index (χ0n) is 12.5. The van der Waals surface area contributed by atoms with Crippen LogP contribution in [-0.4, -0.2) is 7.11 Å². The highest BCUT2D eigenvalue weighted by atomic mass is 16.5. The molecule has 1 heterocycles. The molecular formula is C16H29NO2. The molecule has 0 aliphatic rings. The van der Waals surface area contributed by atoms with Gasteiger partial charge in [-0.1, -0.05) is 51.9 Å². The van der Waals surface area contributed by atoms with Crippen molar-refractivity contribution in [1.82, 2.24) is 0 Å². The summed E-state index contributed by atoms with van der Waals surface area (Å²) >= 11 is 0. The maximum Gasteiger partial charge on any atom is 0.129 e. The van der Waals surface area contributed by atoms with Crippen molar-refractivity contribution in [2.75, 3.05) is 7.11 Å². The Labute approximate surface area is 117 Å². The average molecular weight is 267 g/mol. The molecule has 2 N–H and O–H groups in total. The van der Waals surface area contributed by atoms with E-state index in [1.807, 2.05) is 12.1 Å². The minimum atomic E-state index is 0.0289. The smallest absolute Gasteiger partial charge is 0.129 e. The second-order valence-electron chi connectivity index (χ2n) is 5.25. The van der Waals surface area contributed by atoms with Crippen LogP contribution in [-0.2, 0) is 11.3 Å². The van der Waals surface area contributed by atoms with Gasteiger partial charge in [-0.05, 0) is 18.6 Å². The number of unbranched alkanes of at least 4 members (excludes halogenated alkanes) is 6. The maximum atomic E-state index is 6.13. The van der Waals surface area contributed by atoms with Crippen LogP contribution in [0.15, 0.2) is 16.5 Å². The third-order valence-electron chi connectivity index (χ3n) is 3.45. The zero-order chi connectivity index (χ0) is 13.9. The Kier molecular flexibility index (Phi) is 8.59. The summed E-state index contributed by atoms with van der Waals surface area (Å²) in [6, 6.07) is 3.95. The molecule has 0 saturated heterocycles. The van der Waals surface area contributed by atoms with Gasteiger partial charge < -0.3 is 14.9 Å². The summed E-state index contributed by atoms with van der Waals surface area (Å²) in [5.74, 6) is 1.74. The fourth-order valence-corrected chi connectivity index (χ4v) is 2.28. The molecular weight excluding hydrogens is 238 g/mol. The van der Waals surface area contributed by atoms with Gasteiger partial charge in [-0.3, -0.25) is 0 Å². The van der Waals surface area contributed by atoms with Gasteiger partial charge in [0.05, 0.1) is 6.04 Å². The standard InChI is InChI=1S/C16H29NO2/c1-3-4-5-6-7-8-9-10-15(17)16-12-11-14(19-16)13-18-2/h11-12,15H,3-10,13,17H2,1-2H3. The van der Waals surface area contributed by atoms with Gasteiger partial charge in [0.1, 0.15) is 18.1 Å². The van der Waals surface area contributed by atoms with Crippen molar-refractivity contribution in [3.05, 3.63) is 23.7 Å². The molecule has 1 aromatic rings. The van der Waals surface area contributed by atoms with E-state index in [4.69, 9.17) is 14.9 Å². The molecule has 0 aliphatic carbocycles. The van der Waals surface area contributed by atoms with Crippen molar-refractivity contribution in [1.29, 1.82) is 0 Å². The Bertz CT molecular complexity index is 322. The predicted octanol–water partition coefficient (Wildman–Crippen LogP) is 4.57. The highest BCUT2D eigenvalue weighted by Gasteiger charge is 2.10. The fourth-order valence-electron chi connectivity index (χ4n) is 2.28. The minimum Gasteiger partial charge on any atom is -0.462 e. The quantitative estimate of drug-likeness (QED) is 0.598. The predicted molar refractivity (Wildman–Crippen MR) is 79.0 cm³/mol. The summed E-state index contributed by atoms with van der Waals surface area (Å²) < 4.78 is 10.7. The Hall–Kier alpha value is -0.800. The summed E-state index contributed by atoms with van der Waals surface area (Å²) in [7, 11) is 1.67. The van der Waals surface area contributed by atoms with Crippen LogP contribution in [0, 0.1) is 0 Å². The molecule has 1 aromatic heterocycles. The monoisotopic (exact) mass is 267 g/mol. The molecule has 19 heavy (non-hydrogen) atoms. The lowest BCUT2D eigenvalue weighted by Crippen LogP contribution is -2.08. The molecule has 0 saturated carbocycles. The third-order valence-corrected chi connectivity index (χ3v) is 3.45. The highest BCUT2D eigenvalue weighted by Crippen LogP contribution is 2.20. The Balaban J connectivity index is 2.11. The second-order valence-corrected chi connectivity index (χ2v) is 5.25. The van der Waals surface area contributed by atoms with E-state index in [1.165, 1.54) is 44.9 Å². The number of methoxy groups -OCH3 is 1. The largest absolute Gasteiger partial charge is 0.462 e. The van der Waals surface area contributed by atoms with E-state index in [-0.39, 0.29) is 6.04 Å². The van der Waals surface area contributed by atoms with E-state index in [2.05, 4.69) is 6.92 Å². The Morgan fingerprint density at radius 2 is 1.79 bits per heavy atom. The van der Waals surface area contributed by atoms with E-state index in [9.17, 15) is 0 Å². The van der Waals surface area contributed by atoms with Crippen molar-refractivity contribution in [3.8, 4) is 0 Å². The molecule has 0 amide bonds. The van der Waals surface area contributed by atoms with Gasteiger partial charge >= 0.3 is 0 Å². The number of furan rings is 1. The molecule has 3 heteroatoms. The lowest BCUT2D eigenvalue weighted by molar-refractivity contribution is 0.161. The van der Waals surface area contributed by atoms with Crippen LogP contribution in [0.25, 0.3) is 0 Å². The lowest BCUT2D eigenvalue weighted by atomic mass is 10.0.